The molecule has 18 heavy (non-hydrogen) atoms. The third kappa shape index (κ3) is 2.69. The van der Waals surface area contributed by atoms with Crippen molar-refractivity contribution in [2.24, 2.45) is 0 Å². The molecule has 0 aliphatic carbocycles. The molecule has 0 unspecified atom stereocenters. The van der Waals surface area contributed by atoms with Gasteiger partial charge in [-0.05, 0) is 6.07 Å². The minimum atomic E-state index is -0.926. The van der Waals surface area contributed by atoms with E-state index in [0.29, 0.717) is 11.5 Å². The SMILES string of the molecule is O=[N+]([O-])c1ccc(Nc2cc(Cl)ncn2)cc1F. The number of nitrogens with one attached hydrogen (secondary N) is 1. The summed E-state index contributed by atoms with van der Waals surface area (Å²) in [5.74, 6) is -0.562. The van der Waals surface area contributed by atoms with Gasteiger partial charge in [-0.25, -0.2) is 9.97 Å². The van der Waals surface area contributed by atoms with Crippen LogP contribution in [-0.4, -0.2) is 14.9 Å². The van der Waals surface area contributed by atoms with Gasteiger partial charge in [-0.2, -0.15) is 4.39 Å². The number of halogens is 2. The molecule has 1 heterocycles. The lowest BCUT2D eigenvalue weighted by molar-refractivity contribution is -0.387. The molecule has 0 bridgehead atoms. The van der Waals surface area contributed by atoms with E-state index >= 15 is 0 Å². The van der Waals surface area contributed by atoms with E-state index in [1.54, 1.807) is 0 Å². The van der Waals surface area contributed by atoms with Crippen LogP contribution in [0, 0.1) is 15.9 Å². The maximum absolute atomic E-state index is 13.3. The molecule has 2 rings (SSSR count). The number of aromatic nitrogens is 2. The molecular weight excluding hydrogens is 263 g/mol. The molecular formula is C10H6ClFN4O2. The summed E-state index contributed by atoms with van der Waals surface area (Å²) < 4.78 is 13.3. The lowest BCUT2D eigenvalue weighted by Crippen LogP contribution is -1.97. The zero-order valence-corrected chi connectivity index (χ0v) is 9.56. The van der Waals surface area contributed by atoms with Crippen molar-refractivity contribution in [1.29, 1.82) is 0 Å². The van der Waals surface area contributed by atoms with Crippen LogP contribution in [0.25, 0.3) is 0 Å². The molecule has 0 fully saturated rings. The highest BCUT2D eigenvalue weighted by atomic mass is 35.5. The molecule has 0 saturated heterocycles. The standard InChI is InChI=1S/C10H6ClFN4O2/c11-9-4-10(14-5-13-9)15-6-1-2-8(16(17)18)7(12)3-6/h1-5H,(H,13,14,15). The van der Waals surface area contributed by atoms with Crippen LogP contribution >= 0.6 is 11.6 Å². The van der Waals surface area contributed by atoms with E-state index in [-0.39, 0.29) is 5.15 Å². The van der Waals surface area contributed by atoms with E-state index in [1.807, 2.05) is 0 Å². The Balaban J connectivity index is 2.25. The summed E-state index contributed by atoms with van der Waals surface area (Å²) in [6.07, 6.45) is 1.24. The predicted octanol–water partition coefficient (Wildman–Crippen LogP) is 2.92. The molecule has 92 valence electrons. The van der Waals surface area contributed by atoms with E-state index in [1.165, 1.54) is 18.5 Å². The van der Waals surface area contributed by atoms with Crippen molar-refractivity contribution in [2.75, 3.05) is 5.32 Å². The Morgan fingerprint density at radius 1 is 1.33 bits per heavy atom. The van der Waals surface area contributed by atoms with Gasteiger partial charge >= 0.3 is 5.69 Å². The first-order valence-corrected chi connectivity index (χ1v) is 5.12. The first-order chi connectivity index (χ1) is 8.56. The van der Waals surface area contributed by atoms with Crippen LogP contribution in [0.3, 0.4) is 0 Å². The normalized spacial score (nSPS) is 10.1. The molecule has 1 N–H and O–H groups in total. The Hall–Kier alpha value is -2.28. The number of hydrogen-bond donors (Lipinski definition) is 1. The monoisotopic (exact) mass is 268 g/mol. The van der Waals surface area contributed by atoms with Gasteiger partial charge in [0.05, 0.1) is 4.92 Å². The predicted molar refractivity (Wildman–Crippen MR) is 63.4 cm³/mol. The lowest BCUT2D eigenvalue weighted by atomic mass is 10.2. The van der Waals surface area contributed by atoms with Gasteiger partial charge in [-0.1, -0.05) is 11.6 Å². The molecule has 0 atom stereocenters. The van der Waals surface area contributed by atoms with Crippen LogP contribution in [0.4, 0.5) is 21.6 Å². The second kappa shape index (κ2) is 4.92. The summed E-state index contributed by atoms with van der Waals surface area (Å²) in [6, 6.07) is 4.90. The fourth-order valence-corrected chi connectivity index (χ4v) is 1.43. The minimum Gasteiger partial charge on any atom is -0.340 e. The van der Waals surface area contributed by atoms with Crippen molar-refractivity contribution in [1.82, 2.24) is 9.97 Å². The highest BCUT2D eigenvalue weighted by molar-refractivity contribution is 6.29. The molecule has 0 radical (unpaired) electrons. The average Bonchev–Trinajstić information content (AvgIpc) is 2.28. The number of rotatable bonds is 3. The van der Waals surface area contributed by atoms with Crippen LogP contribution in [0.1, 0.15) is 0 Å². The molecule has 2 aromatic rings. The summed E-state index contributed by atoms with van der Waals surface area (Å²) in [5, 5.41) is 13.4. The van der Waals surface area contributed by atoms with Crippen LogP contribution in [0.15, 0.2) is 30.6 Å². The fraction of sp³-hybridized carbons (Fsp3) is 0. The topological polar surface area (TPSA) is 81.0 Å². The lowest BCUT2D eigenvalue weighted by Gasteiger charge is -2.05. The Labute approximate surface area is 106 Å². The number of nitro groups is 1. The van der Waals surface area contributed by atoms with E-state index in [9.17, 15) is 14.5 Å². The number of anilines is 2. The van der Waals surface area contributed by atoms with Crippen molar-refractivity contribution in [2.45, 2.75) is 0 Å². The van der Waals surface area contributed by atoms with Gasteiger partial charge in [0, 0.05) is 23.9 Å². The third-order valence-electron chi connectivity index (χ3n) is 2.05. The van der Waals surface area contributed by atoms with Gasteiger partial charge in [0.25, 0.3) is 0 Å². The number of benzene rings is 1. The van der Waals surface area contributed by atoms with Gasteiger partial charge in [0.1, 0.15) is 17.3 Å². The Morgan fingerprint density at radius 2 is 2.11 bits per heavy atom. The van der Waals surface area contributed by atoms with Crippen LogP contribution < -0.4 is 5.32 Å². The minimum absolute atomic E-state index is 0.231. The number of nitrogens with zero attached hydrogens (tertiary/aromatic N) is 3. The average molecular weight is 269 g/mol. The number of nitro benzene ring substituents is 1. The van der Waals surface area contributed by atoms with E-state index in [2.05, 4.69) is 15.3 Å². The fourth-order valence-electron chi connectivity index (χ4n) is 1.28. The molecule has 0 aliphatic rings. The summed E-state index contributed by atoms with van der Waals surface area (Å²) in [4.78, 5) is 17.2. The molecule has 0 aliphatic heterocycles. The van der Waals surface area contributed by atoms with Gasteiger partial charge < -0.3 is 5.32 Å². The summed E-state index contributed by atoms with van der Waals surface area (Å²) in [7, 11) is 0. The molecule has 0 amide bonds. The van der Waals surface area contributed by atoms with Crippen molar-refractivity contribution >= 4 is 28.8 Å². The first kappa shape index (κ1) is 12.2. The zero-order valence-electron chi connectivity index (χ0n) is 8.80. The summed E-state index contributed by atoms with van der Waals surface area (Å²) >= 11 is 5.65. The summed E-state index contributed by atoms with van der Waals surface area (Å²) in [6.45, 7) is 0. The van der Waals surface area contributed by atoms with Gasteiger partial charge in [-0.15, -0.1) is 0 Å². The second-order valence-electron chi connectivity index (χ2n) is 3.27. The van der Waals surface area contributed by atoms with Crippen molar-refractivity contribution < 1.29 is 9.31 Å². The van der Waals surface area contributed by atoms with Crippen molar-refractivity contribution in [3.63, 3.8) is 0 Å². The van der Waals surface area contributed by atoms with Crippen LogP contribution in [0.2, 0.25) is 5.15 Å². The second-order valence-corrected chi connectivity index (χ2v) is 3.66. The largest absolute Gasteiger partial charge is 0.340 e. The van der Waals surface area contributed by atoms with E-state index in [0.717, 1.165) is 12.1 Å². The molecule has 6 nitrogen and oxygen atoms in total. The molecule has 0 saturated carbocycles. The maximum atomic E-state index is 13.3. The highest BCUT2D eigenvalue weighted by Crippen LogP contribution is 2.23. The van der Waals surface area contributed by atoms with Gasteiger partial charge in [-0.3, -0.25) is 10.1 Å². The molecule has 1 aromatic carbocycles. The van der Waals surface area contributed by atoms with E-state index < -0.39 is 16.4 Å². The smallest absolute Gasteiger partial charge is 0.304 e. The van der Waals surface area contributed by atoms with Gasteiger partial charge in [0.15, 0.2) is 0 Å². The number of hydrogen-bond acceptors (Lipinski definition) is 5. The zero-order chi connectivity index (χ0) is 13.1. The Bertz CT molecular complexity index is 608. The van der Waals surface area contributed by atoms with Crippen molar-refractivity contribution in [3.8, 4) is 0 Å². The third-order valence-corrected chi connectivity index (χ3v) is 2.26. The summed E-state index contributed by atoms with van der Waals surface area (Å²) in [5.41, 5.74) is -0.255. The van der Waals surface area contributed by atoms with Crippen molar-refractivity contribution in [3.05, 3.63) is 51.7 Å². The maximum Gasteiger partial charge on any atom is 0.304 e. The van der Waals surface area contributed by atoms with Crippen LogP contribution in [0.5, 0.6) is 0 Å². The molecule has 1 aromatic heterocycles. The highest BCUT2D eigenvalue weighted by Gasteiger charge is 2.13. The Morgan fingerprint density at radius 3 is 2.72 bits per heavy atom. The van der Waals surface area contributed by atoms with Gasteiger partial charge in [0.2, 0.25) is 5.82 Å². The molecule has 8 heteroatoms. The first-order valence-electron chi connectivity index (χ1n) is 4.75. The Kier molecular flexibility index (Phi) is 3.33. The molecule has 0 spiro atoms. The van der Waals surface area contributed by atoms with E-state index in [4.69, 9.17) is 11.6 Å². The quantitative estimate of drug-likeness (QED) is 0.526. The van der Waals surface area contributed by atoms with Crippen LogP contribution in [-0.2, 0) is 0 Å².